The maximum Gasteiger partial charge on any atom is 0.119 e. The molecule has 0 bridgehead atoms. The highest BCUT2D eigenvalue weighted by Crippen LogP contribution is 2.44. The number of allylic oxidation sites excluding steroid dienone is 1. The molecule has 4 aromatic rings. The summed E-state index contributed by atoms with van der Waals surface area (Å²) in [6.45, 7) is 3.51. The van der Waals surface area contributed by atoms with Crippen LogP contribution in [0.1, 0.15) is 41.5 Å². The lowest BCUT2D eigenvalue weighted by Gasteiger charge is -2.25. The molecule has 2 heterocycles. The third-order valence-electron chi connectivity index (χ3n) is 8.10. The van der Waals surface area contributed by atoms with E-state index in [1.54, 1.807) is 14.2 Å². The van der Waals surface area contributed by atoms with Crippen molar-refractivity contribution < 1.29 is 14.6 Å². The lowest BCUT2D eigenvalue weighted by molar-refractivity contribution is 0.110. The first kappa shape index (κ1) is 24.8. The molecular formula is C33H36N2O3. The monoisotopic (exact) mass is 508 g/mol. The van der Waals surface area contributed by atoms with Crippen molar-refractivity contribution in [1.29, 1.82) is 0 Å². The lowest BCUT2D eigenvalue weighted by Crippen LogP contribution is -2.32. The van der Waals surface area contributed by atoms with Crippen molar-refractivity contribution in [2.45, 2.75) is 38.3 Å². The number of methoxy groups -OCH3 is 2. The summed E-state index contributed by atoms with van der Waals surface area (Å²) < 4.78 is 13.3. The van der Waals surface area contributed by atoms with E-state index in [9.17, 15) is 5.11 Å². The van der Waals surface area contributed by atoms with Gasteiger partial charge < -0.3 is 24.0 Å². The second-order valence-electron chi connectivity index (χ2n) is 10.5. The van der Waals surface area contributed by atoms with E-state index in [-0.39, 0.29) is 0 Å². The van der Waals surface area contributed by atoms with Crippen molar-refractivity contribution in [2.24, 2.45) is 0 Å². The van der Waals surface area contributed by atoms with Gasteiger partial charge in [0.25, 0.3) is 0 Å². The van der Waals surface area contributed by atoms with E-state index in [0.29, 0.717) is 6.54 Å². The number of ether oxygens (including phenoxy) is 2. The van der Waals surface area contributed by atoms with E-state index < -0.39 is 6.10 Å². The van der Waals surface area contributed by atoms with Crippen LogP contribution < -0.4 is 9.47 Å². The molecular weight excluding hydrogens is 472 g/mol. The second-order valence-corrected chi connectivity index (χ2v) is 10.5. The second kappa shape index (κ2) is 10.7. The average molecular weight is 509 g/mol. The van der Waals surface area contributed by atoms with Gasteiger partial charge in [-0.15, -0.1) is 0 Å². The summed E-state index contributed by atoms with van der Waals surface area (Å²) in [7, 11) is 3.43. The van der Waals surface area contributed by atoms with Crippen molar-refractivity contribution in [2.75, 3.05) is 33.9 Å². The quantitative estimate of drug-likeness (QED) is 0.316. The number of nitrogens with zero attached hydrogens (tertiary/aromatic N) is 2. The summed E-state index contributed by atoms with van der Waals surface area (Å²) in [5, 5.41) is 12.2. The van der Waals surface area contributed by atoms with Gasteiger partial charge in [0.15, 0.2) is 0 Å². The van der Waals surface area contributed by atoms with Gasteiger partial charge in [0, 0.05) is 35.8 Å². The van der Waals surface area contributed by atoms with Crippen molar-refractivity contribution in [3.05, 3.63) is 95.2 Å². The fourth-order valence-corrected chi connectivity index (χ4v) is 6.24. The number of hydrogen-bond donors (Lipinski definition) is 1. The molecule has 1 fully saturated rings. The molecule has 5 heteroatoms. The number of hydrogen-bond acceptors (Lipinski definition) is 4. The SMILES string of the molecule is COc1ccc(C2=C(c3cn(CC(O)CN4CCCC4)c4ccccc34)CCc3cc(OC)ccc32)cc1. The molecule has 1 atom stereocenters. The van der Waals surface area contributed by atoms with Crippen LogP contribution in [0.2, 0.25) is 0 Å². The number of likely N-dealkylation sites (tertiary alicyclic amines) is 1. The minimum atomic E-state index is -0.397. The van der Waals surface area contributed by atoms with E-state index >= 15 is 0 Å². The molecule has 1 aromatic heterocycles. The number of aromatic nitrogens is 1. The number of aliphatic hydroxyl groups is 1. The number of benzene rings is 3. The van der Waals surface area contributed by atoms with Crippen LogP contribution in [0, 0.1) is 0 Å². The maximum absolute atomic E-state index is 11.0. The molecule has 1 unspecified atom stereocenters. The van der Waals surface area contributed by atoms with E-state index in [1.807, 2.05) is 12.1 Å². The van der Waals surface area contributed by atoms with E-state index in [0.717, 1.165) is 44.0 Å². The highest BCUT2D eigenvalue weighted by Gasteiger charge is 2.25. The predicted octanol–water partition coefficient (Wildman–Crippen LogP) is 6.02. The highest BCUT2D eigenvalue weighted by atomic mass is 16.5. The molecule has 1 aliphatic heterocycles. The fraction of sp³-hybridized carbons (Fsp3) is 0.333. The van der Waals surface area contributed by atoms with Crippen LogP contribution in [0.3, 0.4) is 0 Å². The molecule has 1 aliphatic carbocycles. The van der Waals surface area contributed by atoms with Gasteiger partial charge in [-0.3, -0.25) is 0 Å². The van der Waals surface area contributed by atoms with Crippen LogP contribution in [0.25, 0.3) is 22.0 Å². The van der Waals surface area contributed by atoms with Crippen molar-refractivity contribution >= 4 is 22.0 Å². The lowest BCUT2D eigenvalue weighted by atomic mass is 9.79. The van der Waals surface area contributed by atoms with Crippen LogP contribution in [0.15, 0.2) is 72.9 Å². The minimum Gasteiger partial charge on any atom is -0.497 e. The Morgan fingerprint density at radius 3 is 2.32 bits per heavy atom. The predicted molar refractivity (Wildman–Crippen MR) is 154 cm³/mol. The first-order chi connectivity index (χ1) is 18.6. The van der Waals surface area contributed by atoms with E-state index in [1.165, 1.54) is 57.1 Å². The van der Waals surface area contributed by atoms with Gasteiger partial charge in [0.05, 0.1) is 20.3 Å². The number of fused-ring (bicyclic) bond motifs is 2. The highest BCUT2D eigenvalue weighted by molar-refractivity contribution is 6.06. The maximum atomic E-state index is 11.0. The molecule has 1 saturated heterocycles. The van der Waals surface area contributed by atoms with Gasteiger partial charge in [-0.05, 0) is 96.9 Å². The summed E-state index contributed by atoms with van der Waals surface area (Å²) in [4.78, 5) is 2.38. The van der Waals surface area contributed by atoms with Crippen LogP contribution >= 0.6 is 0 Å². The average Bonchev–Trinajstić information content (AvgIpc) is 3.60. The smallest absolute Gasteiger partial charge is 0.119 e. The van der Waals surface area contributed by atoms with Gasteiger partial charge in [0.2, 0.25) is 0 Å². The van der Waals surface area contributed by atoms with Gasteiger partial charge >= 0.3 is 0 Å². The minimum absolute atomic E-state index is 0.397. The zero-order chi connectivity index (χ0) is 26.1. The largest absolute Gasteiger partial charge is 0.497 e. The Hall–Kier alpha value is -3.54. The summed E-state index contributed by atoms with van der Waals surface area (Å²) in [5.41, 5.74) is 8.77. The normalized spacial score (nSPS) is 16.6. The van der Waals surface area contributed by atoms with Gasteiger partial charge in [0.1, 0.15) is 11.5 Å². The molecule has 0 spiro atoms. The molecule has 3 aromatic carbocycles. The van der Waals surface area contributed by atoms with Gasteiger partial charge in [-0.1, -0.05) is 36.4 Å². The molecule has 0 saturated carbocycles. The first-order valence-corrected chi connectivity index (χ1v) is 13.7. The van der Waals surface area contributed by atoms with Crippen molar-refractivity contribution in [3.8, 4) is 11.5 Å². The number of aryl methyl sites for hydroxylation is 1. The fourth-order valence-electron chi connectivity index (χ4n) is 6.24. The number of β-amino-alcohol motifs (C(OH)–C–C–N with tert-alkyl or cyclic N) is 1. The summed E-state index contributed by atoms with van der Waals surface area (Å²) in [6, 6.07) is 23.4. The molecule has 6 rings (SSSR count). The summed E-state index contributed by atoms with van der Waals surface area (Å²) in [5.74, 6) is 1.75. The Labute approximate surface area is 224 Å². The summed E-state index contributed by atoms with van der Waals surface area (Å²) >= 11 is 0. The van der Waals surface area contributed by atoms with Crippen molar-refractivity contribution in [1.82, 2.24) is 9.47 Å². The van der Waals surface area contributed by atoms with Crippen LogP contribution in [0.4, 0.5) is 0 Å². The van der Waals surface area contributed by atoms with Crippen LogP contribution in [-0.2, 0) is 13.0 Å². The molecule has 38 heavy (non-hydrogen) atoms. The zero-order valence-corrected chi connectivity index (χ0v) is 22.3. The molecule has 0 radical (unpaired) electrons. The Morgan fingerprint density at radius 2 is 1.55 bits per heavy atom. The summed E-state index contributed by atoms with van der Waals surface area (Å²) in [6.07, 6.45) is 6.24. The van der Waals surface area contributed by atoms with Crippen LogP contribution in [-0.4, -0.2) is 54.5 Å². The molecule has 5 nitrogen and oxygen atoms in total. The zero-order valence-electron chi connectivity index (χ0n) is 22.3. The Balaban J connectivity index is 1.47. The molecule has 0 amide bonds. The topological polar surface area (TPSA) is 46.9 Å². The first-order valence-electron chi connectivity index (χ1n) is 13.7. The molecule has 1 N–H and O–H groups in total. The number of rotatable bonds is 8. The van der Waals surface area contributed by atoms with Gasteiger partial charge in [-0.2, -0.15) is 0 Å². The van der Waals surface area contributed by atoms with Crippen molar-refractivity contribution in [3.63, 3.8) is 0 Å². The standard InChI is InChI=1S/C33H36N2O3/c1-37-26-12-9-23(10-13-26)33-28-16-14-27(38-2)19-24(28)11-15-30(33)31-22-35(32-8-4-3-7-29(31)32)21-25(36)20-34-17-5-6-18-34/h3-4,7-10,12-14,16,19,22,25,36H,5-6,11,15,17-18,20-21H2,1-2H3. The van der Waals surface area contributed by atoms with Gasteiger partial charge in [-0.25, -0.2) is 0 Å². The number of para-hydroxylation sites is 1. The van der Waals surface area contributed by atoms with E-state index in [4.69, 9.17) is 9.47 Å². The number of aliphatic hydroxyl groups excluding tert-OH is 1. The molecule has 196 valence electrons. The third-order valence-corrected chi connectivity index (χ3v) is 8.10. The molecule has 2 aliphatic rings. The van der Waals surface area contributed by atoms with E-state index in [2.05, 4.69) is 70.3 Å². The Kier molecular flexibility index (Phi) is 6.96. The Bertz CT molecular complexity index is 1460. The third kappa shape index (κ3) is 4.72. The van der Waals surface area contributed by atoms with Crippen LogP contribution in [0.5, 0.6) is 11.5 Å². The Morgan fingerprint density at radius 1 is 0.816 bits per heavy atom.